The van der Waals surface area contributed by atoms with E-state index >= 15 is 0 Å². The Morgan fingerprint density at radius 3 is 2.53 bits per heavy atom. The second-order valence-electron chi connectivity index (χ2n) is 4.20. The molecule has 0 fully saturated rings. The Labute approximate surface area is 92.8 Å². The average Bonchev–Trinajstić information content (AvgIpc) is 2.17. The number of carbonyl (C=O) groups excluding carboxylic acids is 1. The van der Waals surface area contributed by atoms with Crippen LogP contribution in [0.5, 0.6) is 0 Å². The summed E-state index contributed by atoms with van der Waals surface area (Å²) in [6.07, 6.45) is 1.39. The van der Waals surface area contributed by atoms with Gasteiger partial charge in [-0.05, 0) is 25.8 Å². The molecule has 0 saturated carbocycles. The number of amides is 1. The Bertz CT molecular complexity index is 185. The lowest BCUT2D eigenvalue weighted by Crippen LogP contribution is -2.37. The topological polar surface area (TPSA) is 55.6 Å². The van der Waals surface area contributed by atoms with Crippen LogP contribution in [0, 0.1) is 5.92 Å². The zero-order valence-electron chi connectivity index (χ0n) is 10.3. The van der Waals surface area contributed by atoms with Gasteiger partial charge in [0, 0.05) is 33.2 Å². The molecule has 2 unspecified atom stereocenters. The molecule has 4 nitrogen and oxygen atoms in total. The first-order valence-electron chi connectivity index (χ1n) is 5.47. The maximum Gasteiger partial charge on any atom is 0.222 e. The monoisotopic (exact) mass is 216 g/mol. The van der Waals surface area contributed by atoms with Crippen LogP contribution in [-0.4, -0.2) is 44.2 Å². The van der Waals surface area contributed by atoms with E-state index in [2.05, 4.69) is 0 Å². The first-order valence-corrected chi connectivity index (χ1v) is 5.47. The molecule has 0 aromatic heterocycles. The fourth-order valence-corrected chi connectivity index (χ4v) is 1.47. The molecule has 0 aliphatic rings. The summed E-state index contributed by atoms with van der Waals surface area (Å²) < 4.78 is 5.00. The Balaban J connectivity index is 3.97. The zero-order chi connectivity index (χ0) is 11.8. The number of rotatable bonds is 7. The molecule has 0 aliphatic heterocycles. The van der Waals surface area contributed by atoms with E-state index in [1.54, 1.807) is 12.0 Å². The number of methoxy groups -OCH3 is 1. The van der Waals surface area contributed by atoms with Crippen molar-refractivity contribution in [3.63, 3.8) is 0 Å². The molecule has 0 aromatic carbocycles. The van der Waals surface area contributed by atoms with Crippen LogP contribution in [0.15, 0.2) is 0 Å². The first-order chi connectivity index (χ1) is 7.02. The minimum atomic E-state index is 0.167. The highest BCUT2D eigenvalue weighted by Gasteiger charge is 2.17. The highest BCUT2D eigenvalue weighted by Crippen LogP contribution is 2.08. The Morgan fingerprint density at radius 2 is 2.07 bits per heavy atom. The molecular formula is C11H24N2O2. The van der Waals surface area contributed by atoms with Crippen molar-refractivity contribution in [2.75, 3.05) is 27.3 Å². The number of carbonyl (C=O) groups is 1. The number of ether oxygens (including phenoxy) is 1. The lowest BCUT2D eigenvalue weighted by molar-refractivity contribution is -0.133. The SMILES string of the molecule is COCC(C)CC(=O)N(C)C(C)CCN. The molecule has 1 amide bonds. The predicted octanol–water partition coefficient (Wildman–Crippen LogP) is 0.855. The predicted molar refractivity (Wildman–Crippen MR) is 61.6 cm³/mol. The van der Waals surface area contributed by atoms with Gasteiger partial charge in [0.15, 0.2) is 0 Å². The van der Waals surface area contributed by atoms with Gasteiger partial charge in [0.1, 0.15) is 0 Å². The fourth-order valence-electron chi connectivity index (χ4n) is 1.47. The molecule has 0 bridgehead atoms. The number of nitrogens with zero attached hydrogens (tertiary/aromatic N) is 1. The summed E-state index contributed by atoms with van der Waals surface area (Å²) in [5, 5.41) is 0. The van der Waals surface area contributed by atoms with Gasteiger partial charge >= 0.3 is 0 Å². The van der Waals surface area contributed by atoms with Gasteiger partial charge < -0.3 is 15.4 Å². The maximum absolute atomic E-state index is 11.8. The number of hydrogen-bond acceptors (Lipinski definition) is 3. The van der Waals surface area contributed by atoms with Crippen LogP contribution in [0.2, 0.25) is 0 Å². The lowest BCUT2D eigenvalue weighted by Gasteiger charge is -2.25. The molecular weight excluding hydrogens is 192 g/mol. The van der Waals surface area contributed by atoms with E-state index in [0.717, 1.165) is 6.42 Å². The van der Waals surface area contributed by atoms with Crippen molar-refractivity contribution in [1.29, 1.82) is 0 Å². The van der Waals surface area contributed by atoms with E-state index in [4.69, 9.17) is 10.5 Å². The first kappa shape index (κ1) is 14.4. The molecule has 0 heterocycles. The molecule has 0 radical (unpaired) electrons. The summed E-state index contributed by atoms with van der Waals surface area (Å²) >= 11 is 0. The Kier molecular flexibility index (Phi) is 7.34. The van der Waals surface area contributed by atoms with Crippen molar-refractivity contribution in [3.05, 3.63) is 0 Å². The summed E-state index contributed by atoms with van der Waals surface area (Å²) in [4.78, 5) is 13.6. The quantitative estimate of drug-likeness (QED) is 0.686. The highest BCUT2D eigenvalue weighted by molar-refractivity contribution is 5.76. The van der Waals surface area contributed by atoms with Crippen molar-refractivity contribution in [3.8, 4) is 0 Å². The fraction of sp³-hybridized carbons (Fsp3) is 0.909. The van der Waals surface area contributed by atoms with E-state index in [-0.39, 0.29) is 17.9 Å². The van der Waals surface area contributed by atoms with Gasteiger partial charge in [-0.15, -0.1) is 0 Å². The van der Waals surface area contributed by atoms with Gasteiger partial charge in [0.25, 0.3) is 0 Å². The molecule has 2 N–H and O–H groups in total. The minimum absolute atomic E-state index is 0.167. The summed E-state index contributed by atoms with van der Waals surface area (Å²) in [6, 6.07) is 0.220. The number of hydrogen-bond donors (Lipinski definition) is 1. The minimum Gasteiger partial charge on any atom is -0.384 e. The van der Waals surface area contributed by atoms with Gasteiger partial charge in [0.2, 0.25) is 5.91 Å². The maximum atomic E-state index is 11.8. The van der Waals surface area contributed by atoms with Crippen LogP contribution >= 0.6 is 0 Å². The molecule has 4 heteroatoms. The zero-order valence-corrected chi connectivity index (χ0v) is 10.3. The Hall–Kier alpha value is -0.610. The van der Waals surface area contributed by atoms with Gasteiger partial charge in [-0.25, -0.2) is 0 Å². The normalized spacial score (nSPS) is 14.7. The smallest absolute Gasteiger partial charge is 0.222 e. The van der Waals surface area contributed by atoms with Crippen molar-refractivity contribution in [2.45, 2.75) is 32.7 Å². The van der Waals surface area contributed by atoms with E-state index in [9.17, 15) is 4.79 Å². The molecule has 15 heavy (non-hydrogen) atoms. The van der Waals surface area contributed by atoms with E-state index < -0.39 is 0 Å². The molecule has 0 rings (SSSR count). The van der Waals surface area contributed by atoms with E-state index in [0.29, 0.717) is 19.6 Å². The van der Waals surface area contributed by atoms with Crippen molar-refractivity contribution < 1.29 is 9.53 Å². The van der Waals surface area contributed by atoms with Gasteiger partial charge in [-0.2, -0.15) is 0 Å². The average molecular weight is 216 g/mol. The summed E-state index contributed by atoms with van der Waals surface area (Å²) in [5.41, 5.74) is 5.46. The third-order valence-electron chi connectivity index (χ3n) is 2.61. The van der Waals surface area contributed by atoms with Crippen LogP contribution in [0.3, 0.4) is 0 Å². The summed E-state index contributed by atoms with van der Waals surface area (Å²) in [6.45, 7) is 5.28. The van der Waals surface area contributed by atoms with Crippen molar-refractivity contribution in [2.24, 2.45) is 11.7 Å². The molecule has 0 saturated heterocycles. The van der Waals surface area contributed by atoms with Gasteiger partial charge in [-0.3, -0.25) is 4.79 Å². The highest BCUT2D eigenvalue weighted by atomic mass is 16.5. The molecule has 0 aromatic rings. The van der Waals surface area contributed by atoms with Gasteiger partial charge in [0.05, 0.1) is 0 Å². The second kappa shape index (κ2) is 7.65. The van der Waals surface area contributed by atoms with Crippen LogP contribution in [-0.2, 0) is 9.53 Å². The lowest BCUT2D eigenvalue weighted by atomic mass is 10.1. The standard InChI is InChI=1S/C11H24N2O2/c1-9(8-15-4)7-11(14)13(3)10(2)5-6-12/h9-10H,5-8,12H2,1-4H3. The van der Waals surface area contributed by atoms with E-state index in [1.807, 2.05) is 20.9 Å². The van der Waals surface area contributed by atoms with E-state index in [1.165, 1.54) is 0 Å². The molecule has 0 aliphatic carbocycles. The van der Waals surface area contributed by atoms with Crippen LogP contribution in [0.25, 0.3) is 0 Å². The van der Waals surface area contributed by atoms with Crippen LogP contribution in [0.1, 0.15) is 26.7 Å². The largest absolute Gasteiger partial charge is 0.384 e. The second-order valence-corrected chi connectivity index (χ2v) is 4.20. The van der Waals surface area contributed by atoms with Crippen LogP contribution in [0.4, 0.5) is 0 Å². The summed E-state index contributed by atoms with van der Waals surface area (Å²) in [7, 11) is 3.49. The third kappa shape index (κ3) is 5.74. The molecule has 2 atom stereocenters. The molecule has 90 valence electrons. The molecule has 0 spiro atoms. The third-order valence-corrected chi connectivity index (χ3v) is 2.61. The number of nitrogens with two attached hydrogens (primary N) is 1. The van der Waals surface area contributed by atoms with Crippen molar-refractivity contribution in [1.82, 2.24) is 4.90 Å². The summed E-state index contributed by atoms with van der Waals surface area (Å²) in [5.74, 6) is 0.440. The van der Waals surface area contributed by atoms with Crippen LogP contribution < -0.4 is 5.73 Å². The Morgan fingerprint density at radius 1 is 1.47 bits per heavy atom. The van der Waals surface area contributed by atoms with Crippen molar-refractivity contribution >= 4 is 5.91 Å². The van der Waals surface area contributed by atoms with Gasteiger partial charge in [-0.1, -0.05) is 6.92 Å².